The molecule has 0 aliphatic heterocycles. The van der Waals surface area contributed by atoms with Crippen LogP contribution >= 0.6 is 0 Å². The largest absolute Gasteiger partial charge is 0.377 e. The zero-order valence-corrected chi connectivity index (χ0v) is 18.8. The van der Waals surface area contributed by atoms with Crippen molar-refractivity contribution in [1.29, 1.82) is 0 Å². The molecule has 0 spiro atoms. The molecule has 0 saturated carbocycles. The first-order chi connectivity index (χ1) is 15.0. The molecule has 0 radical (unpaired) electrons. The van der Waals surface area contributed by atoms with E-state index < -0.39 is 0 Å². The van der Waals surface area contributed by atoms with Crippen LogP contribution in [0.25, 0.3) is 11.1 Å². The molecular weight excluding hydrogens is 388 g/mol. The summed E-state index contributed by atoms with van der Waals surface area (Å²) in [6.07, 6.45) is 3.28. The fourth-order valence-corrected chi connectivity index (χ4v) is 3.11. The number of nitrogens with zero attached hydrogens (tertiary/aromatic N) is 4. The number of hydrogen-bond donors (Lipinski definition) is 2. The normalized spacial score (nSPS) is 12.1. The molecule has 3 aromatic rings. The molecule has 3 rings (SSSR count). The van der Waals surface area contributed by atoms with Crippen LogP contribution in [0.15, 0.2) is 66.2 Å². The highest BCUT2D eigenvalue weighted by atomic mass is 16.5. The van der Waals surface area contributed by atoms with Crippen molar-refractivity contribution < 1.29 is 4.74 Å². The average Bonchev–Trinajstić information content (AvgIpc) is 3.29. The molecule has 0 unspecified atom stereocenters. The molecule has 1 aromatic heterocycles. The summed E-state index contributed by atoms with van der Waals surface area (Å²) in [5.41, 5.74) is 4.46. The van der Waals surface area contributed by atoms with Gasteiger partial charge in [0.15, 0.2) is 5.96 Å². The zero-order valence-electron chi connectivity index (χ0n) is 18.8. The van der Waals surface area contributed by atoms with E-state index in [1.807, 2.05) is 18.5 Å². The zero-order chi connectivity index (χ0) is 22.1. The number of rotatable bonds is 9. The van der Waals surface area contributed by atoms with Crippen molar-refractivity contribution in [3.05, 3.63) is 72.3 Å². The summed E-state index contributed by atoms with van der Waals surface area (Å²) < 4.78 is 7.31. The van der Waals surface area contributed by atoms with E-state index in [1.165, 1.54) is 22.3 Å². The van der Waals surface area contributed by atoms with Crippen molar-refractivity contribution >= 4 is 5.96 Å². The Bertz CT molecular complexity index is 964. The number of aliphatic imine (C=N–C) groups is 1. The van der Waals surface area contributed by atoms with Gasteiger partial charge in [-0.05, 0) is 43.0 Å². The topological polar surface area (TPSA) is 76.4 Å². The smallest absolute Gasteiger partial charge is 0.191 e. The van der Waals surface area contributed by atoms with Gasteiger partial charge in [0.2, 0.25) is 0 Å². The van der Waals surface area contributed by atoms with Gasteiger partial charge < -0.3 is 15.4 Å². The van der Waals surface area contributed by atoms with Gasteiger partial charge in [-0.15, -0.1) is 0 Å². The Labute approximate surface area is 184 Å². The predicted molar refractivity (Wildman–Crippen MR) is 125 cm³/mol. The summed E-state index contributed by atoms with van der Waals surface area (Å²) >= 11 is 0. The van der Waals surface area contributed by atoms with Gasteiger partial charge in [0.25, 0.3) is 0 Å². The van der Waals surface area contributed by atoms with E-state index >= 15 is 0 Å². The predicted octanol–water partition coefficient (Wildman–Crippen LogP) is 3.47. The summed E-state index contributed by atoms with van der Waals surface area (Å²) in [4.78, 5) is 8.79. The maximum absolute atomic E-state index is 5.49. The van der Waals surface area contributed by atoms with Crippen LogP contribution in [0.4, 0.5) is 0 Å². The highest BCUT2D eigenvalue weighted by molar-refractivity contribution is 5.80. The molecule has 0 aliphatic carbocycles. The number of ether oxygens (including phenoxy) is 1. The van der Waals surface area contributed by atoms with Crippen molar-refractivity contribution in [3.8, 4) is 11.1 Å². The van der Waals surface area contributed by atoms with Crippen molar-refractivity contribution in [3.63, 3.8) is 0 Å². The van der Waals surface area contributed by atoms with Gasteiger partial charge in [0.05, 0.1) is 18.7 Å². The van der Waals surface area contributed by atoms with E-state index in [2.05, 4.69) is 76.2 Å². The number of aromatic nitrogens is 3. The Morgan fingerprint density at radius 1 is 1.10 bits per heavy atom. The van der Waals surface area contributed by atoms with Gasteiger partial charge in [0.1, 0.15) is 12.7 Å². The molecule has 31 heavy (non-hydrogen) atoms. The molecule has 164 valence electrons. The minimum Gasteiger partial charge on any atom is -0.377 e. The molecule has 0 saturated heterocycles. The van der Waals surface area contributed by atoms with Crippen molar-refractivity contribution in [2.24, 2.45) is 4.99 Å². The van der Waals surface area contributed by atoms with E-state index in [1.54, 1.807) is 19.8 Å². The first-order valence-electron chi connectivity index (χ1n) is 10.6. The lowest BCUT2D eigenvalue weighted by Crippen LogP contribution is -2.45. The second-order valence-corrected chi connectivity index (χ2v) is 7.96. The lowest BCUT2D eigenvalue weighted by Gasteiger charge is -2.24. The van der Waals surface area contributed by atoms with Gasteiger partial charge in [0, 0.05) is 20.2 Å². The Balaban J connectivity index is 1.73. The van der Waals surface area contributed by atoms with E-state index in [-0.39, 0.29) is 5.60 Å². The summed E-state index contributed by atoms with van der Waals surface area (Å²) in [6.45, 7) is 8.92. The maximum Gasteiger partial charge on any atom is 0.191 e. The highest BCUT2D eigenvalue weighted by Gasteiger charge is 2.16. The fraction of sp³-hybridized carbons (Fsp3) is 0.375. The lowest BCUT2D eigenvalue weighted by molar-refractivity contribution is 0.0268. The summed E-state index contributed by atoms with van der Waals surface area (Å²) in [6, 6.07) is 17.0. The van der Waals surface area contributed by atoms with E-state index in [0.717, 1.165) is 12.5 Å². The monoisotopic (exact) mass is 420 g/mol. The minimum atomic E-state index is -0.262. The van der Waals surface area contributed by atoms with Crippen LogP contribution in [-0.2, 0) is 17.8 Å². The Hall–Kier alpha value is -3.19. The van der Waals surface area contributed by atoms with Gasteiger partial charge in [-0.2, -0.15) is 5.10 Å². The molecule has 0 bridgehead atoms. The van der Waals surface area contributed by atoms with Crippen LogP contribution in [0.3, 0.4) is 0 Å². The second kappa shape index (κ2) is 10.7. The third-order valence-electron chi connectivity index (χ3n) is 5.08. The molecule has 0 fully saturated rings. The summed E-state index contributed by atoms with van der Waals surface area (Å²) in [7, 11) is 1.72. The van der Waals surface area contributed by atoms with Crippen LogP contribution in [0.5, 0.6) is 0 Å². The van der Waals surface area contributed by atoms with Crippen molar-refractivity contribution in [2.45, 2.75) is 39.5 Å². The third-order valence-corrected chi connectivity index (χ3v) is 5.08. The quantitative estimate of drug-likeness (QED) is 0.409. The number of benzene rings is 2. The molecule has 0 atom stereocenters. The standard InChI is InChI=1S/C24H32N6O/c1-5-26-23(28-16-24(2,3)31-4)27-14-21-8-6-7-9-22(21)20-12-10-19(11-13-20)15-30-18-25-17-29-30/h6-13,17-18H,5,14-16H2,1-4H3,(H2,26,27,28). The number of hydrogen-bond acceptors (Lipinski definition) is 4. The van der Waals surface area contributed by atoms with Crippen LogP contribution in [0.2, 0.25) is 0 Å². The van der Waals surface area contributed by atoms with Gasteiger partial charge >= 0.3 is 0 Å². The molecule has 0 aliphatic rings. The summed E-state index contributed by atoms with van der Waals surface area (Å²) in [5, 5.41) is 10.8. The molecule has 7 heteroatoms. The van der Waals surface area contributed by atoms with Gasteiger partial charge in [-0.1, -0.05) is 48.5 Å². The van der Waals surface area contributed by atoms with Crippen molar-refractivity contribution in [2.75, 3.05) is 20.2 Å². The van der Waals surface area contributed by atoms with Gasteiger partial charge in [-0.25, -0.2) is 14.7 Å². The number of methoxy groups -OCH3 is 1. The molecule has 0 amide bonds. The maximum atomic E-state index is 5.49. The Kier molecular flexibility index (Phi) is 7.78. The van der Waals surface area contributed by atoms with E-state index in [4.69, 9.17) is 9.73 Å². The Morgan fingerprint density at radius 2 is 1.87 bits per heavy atom. The SMILES string of the molecule is CCNC(=NCc1ccccc1-c1ccc(Cn2cncn2)cc1)NCC(C)(C)OC. The van der Waals surface area contributed by atoms with E-state index in [9.17, 15) is 0 Å². The fourth-order valence-electron chi connectivity index (χ4n) is 3.11. The summed E-state index contributed by atoms with van der Waals surface area (Å²) in [5.74, 6) is 0.783. The lowest BCUT2D eigenvalue weighted by atomic mass is 9.98. The molecular formula is C24H32N6O. The molecule has 2 N–H and O–H groups in total. The highest BCUT2D eigenvalue weighted by Crippen LogP contribution is 2.25. The average molecular weight is 421 g/mol. The first-order valence-corrected chi connectivity index (χ1v) is 10.6. The second-order valence-electron chi connectivity index (χ2n) is 7.96. The van der Waals surface area contributed by atoms with Crippen LogP contribution < -0.4 is 10.6 Å². The van der Waals surface area contributed by atoms with Crippen LogP contribution in [0.1, 0.15) is 31.9 Å². The number of guanidine groups is 1. The number of nitrogens with one attached hydrogen (secondary N) is 2. The third kappa shape index (κ3) is 6.65. The van der Waals surface area contributed by atoms with Crippen LogP contribution in [-0.4, -0.2) is 46.5 Å². The molecule has 2 aromatic carbocycles. The van der Waals surface area contributed by atoms with Crippen molar-refractivity contribution in [1.82, 2.24) is 25.4 Å². The Morgan fingerprint density at radius 3 is 2.55 bits per heavy atom. The van der Waals surface area contributed by atoms with E-state index in [0.29, 0.717) is 19.6 Å². The first kappa shape index (κ1) is 22.5. The van der Waals surface area contributed by atoms with Gasteiger partial charge in [-0.3, -0.25) is 0 Å². The molecule has 1 heterocycles. The molecule has 7 nitrogen and oxygen atoms in total. The van der Waals surface area contributed by atoms with Crippen LogP contribution in [0, 0.1) is 0 Å². The minimum absolute atomic E-state index is 0.262.